The monoisotopic (exact) mass is 452 g/mol. The predicted molar refractivity (Wildman–Crippen MR) is 128 cm³/mol. The lowest BCUT2D eigenvalue weighted by atomic mass is 9.94. The van der Waals surface area contributed by atoms with Crippen LogP contribution in [0.4, 0.5) is 5.82 Å². The number of amides is 1. The number of carbonyl (C=O) groups excluding carboxylic acids is 1. The highest BCUT2D eigenvalue weighted by Gasteiger charge is 2.27. The summed E-state index contributed by atoms with van der Waals surface area (Å²) in [5.74, 6) is 1.67. The molecule has 34 heavy (non-hydrogen) atoms. The van der Waals surface area contributed by atoms with Crippen LogP contribution in [0.3, 0.4) is 0 Å². The Morgan fingerprint density at radius 2 is 1.85 bits per heavy atom. The van der Waals surface area contributed by atoms with Crippen LogP contribution < -0.4 is 10.5 Å². The van der Waals surface area contributed by atoms with Gasteiger partial charge in [0, 0.05) is 43.2 Å². The SMILES string of the molecule is Nc1ccc(-c2ccc(C(=O)N3CCC[C@H](c4cncc(Oc5ccccc5)n4)C3)cn2)cn1. The van der Waals surface area contributed by atoms with Gasteiger partial charge in [-0.15, -0.1) is 0 Å². The molecule has 1 atom stereocenters. The standard InChI is InChI=1S/C26H24N6O2/c27-24-11-9-18(13-30-24)22-10-8-19(14-29-22)26(33)32-12-4-5-20(17-32)23-15-28-16-25(31-23)34-21-6-2-1-3-7-21/h1-3,6-11,13-16,20H,4-5,12,17H2,(H2,27,30)/t20-/m0/s1. The minimum absolute atomic E-state index is 0.0381. The fourth-order valence-corrected chi connectivity index (χ4v) is 4.05. The van der Waals surface area contributed by atoms with Gasteiger partial charge in [-0.05, 0) is 49.2 Å². The van der Waals surface area contributed by atoms with Crippen molar-refractivity contribution in [1.82, 2.24) is 24.8 Å². The van der Waals surface area contributed by atoms with Crippen molar-refractivity contribution in [3.05, 3.63) is 90.6 Å². The van der Waals surface area contributed by atoms with Crippen LogP contribution >= 0.6 is 0 Å². The van der Waals surface area contributed by atoms with Crippen LogP contribution in [-0.4, -0.2) is 43.8 Å². The van der Waals surface area contributed by atoms with Gasteiger partial charge in [-0.3, -0.25) is 14.8 Å². The zero-order valence-corrected chi connectivity index (χ0v) is 18.5. The number of nitrogens with zero attached hydrogens (tertiary/aromatic N) is 5. The minimum atomic E-state index is -0.0381. The fraction of sp³-hybridized carbons (Fsp3) is 0.192. The lowest BCUT2D eigenvalue weighted by Crippen LogP contribution is -2.39. The van der Waals surface area contributed by atoms with Crippen LogP contribution in [0.1, 0.15) is 34.8 Å². The molecule has 1 saturated heterocycles. The first kappa shape index (κ1) is 21.5. The van der Waals surface area contributed by atoms with Crippen LogP contribution in [0.25, 0.3) is 11.3 Å². The molecule has 1 fully saturated rings. The quantitative estimate of drug-likeness (QED) is 0.480. The second kappa shape index (κ2) is 9.66. The lowest BCUT2D eigenvalue weighted by Gasteiger charge is -2.32. The number of para-hydroxylation sites is 1. The van der Waals surface area contributed by atoms with Crippen molar-refractivity contribution in [3.63, 3.8) is 0 Å². The molecule has 1 aromatic carbocycles. The van der Waals surface area contributed by atoms with E-state index < -0.39 is 0 Å². The van der Waals surface area contributed by atoms with Gasteiger partial charge >= 0.3 is 0 Å². The first-order valence-corrected chi connectivity index (χ1v) is 11.2. The van der Waals surface area contributed by atoms with Crippen LogP contribution in [0.2, 0.25) is 0 Å². The van der Waals surface area contributed by atoms with Gasteiger partial charge in [-0.2, -0.15) is 0 Å². The fourth-order valence-electron chi connectivity index (χ4n) is 4.05. The number of likely N-dealkylation sites (tertiary alicyclic amines) is 1. The topological polar surface area (TPSA) is 107 Å². The number of anilines is 1. The van der Waals surface area contributed by atoms with E-state index in [9.17, 15) is 4.79 Å². The van der Waals surface area contributed by atoms with Crippen molar-refractivity contribution < 1.29 is 9.53 Å². The van der Waals surface area contributed by atoms with E-state index in [0.717, 1.165) is 29.8 Å². The number of carbonyl (C=O) groups is 1. The largest absolute Gasteiger partial charge is 0.437 e. The molecule has 1 aliphatic rings. The molecule has 0 spiro atoms. The molecular formula is C26H24N6O2. The van der Waals surface area contributed by atoms with Crippen molar-refractivity contribution in [3.8, 4) is 22.9 Å². The number of pyridine rings is 2. The van der Waals surface area contributed by atoms with Gasteiger partial charge < -0.3 is 15.4 Å². The van der Waals surface area contributed by atoms with Crippen LogP contribution in [-0.2, 0) is 0 Å². The van der Waals surface area contributed by atoms with Crippen molar-refractivity contribution in [2.75, 3.05) is 18.8 Å². The summed E-state index contributed by atoms with van der Waals surface area (Å²) in [6.07, 6.45) is 8.48. The van der Waals surface area contributed by atoms with Gasteiger partial charge in [0.1, 0.15) is 11.6 Å². The Kier molecular flexibility index (Phi) is 6.11. The Morgan fingerprint density at radius 1 is 0.971 bits per heavy atom. The molecule has 8 heteroatoms. The number of aromatic nitrogens is 4. The maximum atomic E-state index is 13.2. The molecule has 4 aromatic rings. The zero-order valence-electron chi connectivity index (χ0n) is 18.5. The average Bonchev–Trinajstić information content (AvgIpc) is 2.90. The summed E-state index contributed by atoms with van der Waals surface area (Å²) in [5.41, 5.74) is 8.63. The van der Waals surface area contributed by atoms with E-state index in [1.54, 1.807) is 36.9 Å². The summed E-state index contributed by atoms with van der Waals surface area (Å²) < 4.78 is 5.83. The summed E-state index contributed by atoms with van der Waals surface area (Å²) in [7, 11) is 0. The van der Waals surface area contributed by atoms with E-state index in [-0.39, 0.29) is 11.8 Å². The number of piperidine rings is 1. The third kappa shape index (κ3) is 4.85. The third-order valence-electron chi connectivity index (χ3n) is 5.82. The summed E-state index contributed by atoms with van der Waals surface area (Å²) in [6.45, 7) is 1.28. The second-order valence-electron chi connectivity index (χ2n) is 8.19. The van der Waals surface area contributed by atoms with E-state index in [0.29, 0.717) is 36.1 Å². The average molecular weight is 453 g/mol. The highest BCUT2D eigenvalue weighted by atomic mass is 16.5. The third-order valence-corrected chi connectivity index (χ3v) is 5.82. The molecule has 5 rings (SSSR count). The Hall–Kier alpha value is -4.33. The summed E-state index contributed by atoms with van der Waals surface area (Å²) >= 11 is 0. The lowest BCUT2D eigenvalue weighted by molar-refractivity contribution is 0.0705. The maximum Gasteiger partial charge on any atom is 0.255 e. The van der Waals surface area contributed by atoms with Gasteiger partial charge in [0.15, 0.2) is 0 Å². The van der Waals surface area contributed by atoms with Gasteiger partial charge in [-0.25, -0.2) is 9.97 Å². The summed E-state index contributed by atoms with van der Waals surface area (Å²) in [4.78, 5) is 32.6. The second-order valence-corrected chi connectivity index (χ2v) is 8.19. The first-order valence-electron chi connectivity index (χ1n) is 11.2. The van der Waals surface area contributed by atoms with Crippen molar-refractivity contribution >= 4 is 11.7 Å². The molecule has 0 saturated carbocycles. The first-order chi connectivity index (χ1) is 16.7. The maximum absolute atomic E-state index is 13.2. The smallest absolute Gasteiger partial charge is 0.255 e. The normalized spacial score (nSPS) is 15.6. The van der Waals surface area contributed by atoms with Crippen LogP contribution in [0.5, 0.6) is 11.6 Å². The number of nitrogen functional groups attached to an aromatic ring is 1. The molecule has 2 N–H and O–H groups in total. The number of ether oxygens (including phenoxy) is 1. The molecule has 170 valence electrons. The Bertz CT molecular complexity index is 1260. The van der Waals surface area contributed by atoms with Gasteiger partial charge in [0.2, 0.25) is 5.88 Å². The van der Waals surface area contributed by atoms with E-state index in [1.807, 2.05) is 47.4 Å². The van der Waals surface area contributed by atoms with Gasteiger partial charge in [0.25, 0.3) is 5.91 Å². The molecule has 0 aliphatic carbocycles. The molecule has 8 nitrogen and oxygen atoms in total. The summed E-state index contributed by atoms with van der Waals surface area (Å²) in [5, 5.41) is 0. The van der Waals surface area contributed by atoms with Crippen LogP contribution in [0, 0.1) is 0 Å². The summed E-state index contributed by atoms with van der Waals surface area (Å²) in [6, 6.07) is 16.7. The van der Waals surface area contributed by atoms with E-state index in [1.165, 1.54) is 0 Å². The molecule has 0 unspecified atom stereocenters. The zero-order chi connectivity index (χ0) is 23.3. The van der Waals surface area contributed by atoms with E-state index >= 15 is 0 Å². The number of hydrogen-bond acceptors (Lipinski definition) is 7. The van der Waals surface area contributed by atoms with Gasteiger partial charge in [-0.1, -0.05) is 18.2 Å². The number of hydrogen-bond donors (Lipinski definition) is 1. The number of rotatable bonds is 5. The molecule has 4 heterocycles. The van der Waals surface area contributed by atoms with Gasteiger partial charge in [0.05, 0.1) is 23.1 Å². The van der Waals surface area contributed by atoms with Crippen molar-refractivity contribution in [2.24, 2.45) is 0 Å². The Labute approximate surface area is 197 Å². The molecule has 1 amide bonds. The Balaban J connectivity index is 1.27. The van der Waals surface area contributed by atoms with E-state index in [2.05, 4.69) is 19.9 Å². The highest BCUT2D eigenvalue weighted by Crippen LogP contribution is 2.28. The van der Waals surface area contributed by atoms with Crippen LogP contribution in [0.15, 0.2) is 79.4 Å². The van der Waals surface area contributed by atoms with E-state index in [4.69, 9.17) is 10.5 Å². The molecule has 0 radical (unpaired) electrons. The predicted octanol–water partition coefficient (Wildman–Crippen LogP) is 4.33. The number of nitrogens with two attached hydrogens (primary N) is 1. The molecular weight excluding hydrogens is 428 g/mol. The molecule has 3 aromatic heterocycles. The highest BCUT2D eigenvalue weighted by molar-refractivity contribution is 5.94. The number of benzene rings is 1. The Morgan fingerprint density at radius 3 is 2.62 bits per heavy atom. The van der Waals surface area contributed by atoms with Crippen molar-refractivity contribution in [1.29, 1.82) is 0 Å². The molecule has 0 bridgehead atoms. The molecule has 1 aliphatic heterocycles. The van der Waals surface area contributed by atoms with Crippen molar-refractivity contribution in [2.45, 2.75) is 18.8 Å². The minimum Gasteiger partial charge on any atom is -0.437 e.